The fraction of sp³-hybridized carbons (Fsp3) is 0.667. The van der Waals surface area contributed by atoms with Crippen LogP contribution in [0.15, 0.2) is 18.6 Å². The second kappa shape index (κ2) is 5.92. The van der Waals surface area contributed by atoms with Crippen LogP contribution < -0.4 is 11.1 Å². The molecule has 0 aliphatic heterocycles. The molecule has 0 aromatic carbocycles. The highest BCUT2D eigenvalue weighted by atomic mass is 15.0. The van der Waals surface area contributed by atoms with E-state index in [0.717, 1.165) is 18.2 Å². The highest BCUT2D eigenvalue weighted by Gasteiger charge is 2.20. The summed E-state index contributed by atoms with van der Waals surface area (Å²) in [4.78, 5) is 8.13. The molecule has 0 amide bonds. The molecule has 1 aromatic rings. The Morgan fingerprint density at radius 2 is 2.38 bits per heavy atom. The zero-order valence-electron chi connectivity index (χ0n) is 9.60. The summed E-state index contributed by atoms with van der Waals surface area (Å²) in [6.07, 6.45) is 8.81. The maximum absolute atomic E-state index is 5.74. The highest BCUT2D eigenvalue weighted by molar-refractivity contribution is 5.05. The molecule has 4 heteroatoms. The van der Waals surface area contributed by atoms with Gasteiger partial charge in [0.2, 0.25) is 0 Å². The highest BCUT2D eigenvalue weighted by Crippen LogP contribution is 2.33. The largest absolute Gasteiger partial charge is 0.329 e. The summed E-state index contributed by atoms with van der Waals surface area (Å²) < 4.78 is 0. The Bertz CT molecular complexity index is 297. The van der Waals surface area contributed by atoms with Gasteiger partial charge < -0.3 is 11.1 Å². The second-order valence-electron chi connectivity index (χ2n) is 4.46. The van der Waals surface area contributed by atoms with Crippen LogP contribution in [0.5, 0.6) is 0 Å². The number of rotatable bonds is 7. The van der Waals surface area contributed by atoms with E-state index in [-0.39, 0.29) is 6.04 Å². The van der Waals surface area contributed by atoms with E-state index in [1.807, 2.05) is 6.07 Å². The van der Waals surface area contributed by atoms with Crippen molar-refractivity contribution in [3.63, 3.8) is 0 Å². The monoisotopic (exact) mass is 220 g/mol. The normalized spacial score (nSPS) is 17.3. The molecular weight excluding hydrogens is 200 g/mol. The molecule has 1 unspecified atom stereocenters. The zero-order chi connectivity index (χ0) is 11.2. The quantitative estimate of drug-likeness (QED) is 0.679. The van der Waals surface area contributed by atoms with E-state index in [2.05, 4.69) is 15.3 Å². The molecule has 0 saturated heterocycles. The number of nitrogens with zero attached hydrogens (tertiary/aromatic N) is 2. The number of nitrogens with one attached hydrogen (secondary N) is 1. The van der Waals surface area contributed by atoms with E-state index in [0.29, 0.717) is 6.54 Å². The number of aromatic nitrogens is 2. The average Bonchev–Trinajstić information content (AvgIpc) is 3.14. The minimum Gasteiger partial charge on any atom is -0.329 e. The van der Waals surface area contributed by atoms with Crippen molar-refractivity contribution in [2.24, 2.45) is 11.7 Å². The predicted octanol–water partition coefficient (Wildman–Crippen LogP) is 1.26. The molecule has 88 valence electrons. The number of hydrogen-bond donors (Lipinski definition) is 2. The summed E-state index contributed by atoms with van der Waals surface area (Å²) in [6, 6.07) is 2.09. The van der Waals surface area contributed by atoms with Crippen molar-refractivity contribution in [1.29, 1.82) is 0 Å². The van der Waals surface area contributed by atoms with Crippen LogP contribution in [0, 0.1) is 5.92 Å². The van der Waals surface area contributed by atoms with Gasteiger partial charge in [-0.25, -0.2) is 9.97 Å². The van der Waals surface area contributed by atoms with Crippen molar-refractivity contribution in [1.82, 2.24) is 15.3 Å². The molecular formula is C12H20N4. The van der Waals surface area contributed by atoms with E-state index >= 15 is 0 Å². The molecule has 1 aliphatic rings. The first-order chi connectivity index (χ1) is 7.90. The molecule has 1 aliphatic carbocycles. The fourth-order valence-corrected chi connectivity index (χ4v) is 1.89. The summed E-state index contributed by atoms with van der Waals surface area (Å²) in [7, 11) is 0. The molecule has 1 aromatic heterocycles. The van der Waals surface area contributed by atoms with E-state index in [1.54, 1.807) is 12.5 Å². The lowest BCUT2D eigenvalue weighted by Gasteiger charge is -2.15. The Morgan fingerprint density at radius 3 is 3.00 bits per heavy atom. The molecule has 1 fully saturated rings. The van der Waals surface area contributed by atoms with Crippen molar-refractivity contribution in [2.75, 3.05) is 13.1 Å². The zero-order valence-corrected chi connectivity index (χ0v) is 9.60. The second-order valence-corrected chi connectivity index (χ2v) is 4.46. The van der Waals surface area contributed by atoms with Gasteiger partial charge in [0.25, 0.3) is 0 Å². The molecule has 16 heavy (non-hydrogen) atoms. The van der Waals surface area contributed by atoms with Gasteiger partial charge in [0.15, 0.2) is 0 Å². The lowest BCUT2D eigenvalue weighted by molar-refractivity contribution is 0.503. The van der Waals surface area contributed by atoms with Gasteiger partial charge >= 0.3 is 0 Å². The van der Waals surface area contributed by atoms with Crippen LogP contribution in [0.4, 0.5) is 0 Å². The topological polar surface area (TPSA) is 63.8 Å². The summed E-state index contributed by atoms with van der Waals surface area (Å²) in [5, 5.41) is 3.45. The van der Waals surface area contributed by atoms with Gasteiger partial charge in [0.05, 0.1) is 11.7 Å². The van der Waals surface area contributed by atoms with Gasteiger partial charge in [-0.1, -0.05) is 12.8 Å². The van der Waals surface area contributed by atoms with Crippen molar-refractivity contribution in [3.05, 3.63) is 24.3 Å². The summed E-state index contributed by atoms with van der Waals surface area (Å²) in [5.74, 6) is 1.01. The first kappa shape index (κ1) is 11.5. The predicted molar refractivity (Wildman–Crippen MR) is 63.8 cm³/mol. The van der Waals surface area contributed by atoms with Gasteiger partial charge in [-0.2, -0.15) is 0 Å². The van der Waals surface area contributed by atoms with Gasteiger partial charge in [0, 0.05) is 12.7 Å². The van der Waals surface area contributed by atoms with Gasteiger partial charge in [0.1, 0.15) is 6.33 Å². The molecule has 3 N–H and O–H groups in total. The number of hydrogen-bond acceptors (Lipinski definition) is 4. The summed E-state index contributed by atoms with van der Waals surface area (Å²) in [5.41, 5.74) is 6.73. The average molecular weight is 220 g/mol. The van der Waals surface area contributed by atoms with Crippen LogP contribution >= 0.6 is 0 Å². The Balaban J connectivity index is 1.72. The summed E-state index contributed by atoms with van der Waals surface area (Å²) in [6.45, 7) is 1.61. The Kier molecular flexibility index (Phi) is 4.25. The molecule has 1 heterocycles. The van der Waals surface area contributed by atoms with Crippen LogP contribution in [0.1, 0.15) is 37.4 Å². The Hall–Kier alpha value is -1.00. The molecule has 4 nitrogen and oxygen atoms in total. The van der Waals surface area contributed by atoms with E-state index in [4.69, 9.17) is 5.73 Å². The van der Waals surface area contributed by atoms with Crippen LogP contribution in [-0.4, -0.2) is 23.1 Å². The van der Waals surface area contributed by atoms with Crippen LogP contribution in [-0.2, 0) is 0 Å². The standard InChI is InChI=1S/C12H20N4/c13-8-12(11-5-7-14-9-16-11)15-6-1-2-10-3-4-10/h5,7,9-10,12,15H,1-4,6,8,13H2. The Morgan fingerprint density at radius 1 is 1.50 bits per heavy atom. The first-order valence-corrected chi connectivity index (χ1v) is 6.09. The Labute approximate surface area is 96.7 Å². The third-order valence-electron chi connectivity index (χ3n) is 3.07. The maximum atomic E-state index is 5.74. The number of nitrogens with two attached hydrogens (primary N) is 1. The molecule has 0 radical (unpaired) electrons. The summed E-state index contributed by atoms with van der Waals surface area (Å²) >= 11 is 0. The smallest absolute Gasteiger partial charge is 0.115 e. The lowest BCUT2D eigenvalue weighted by atomic mass is 10.1. The van der Waals surface area contributed by atoms with Crippen molar-refractivity contribution < 1.29 is 0 Å². The van der Waals surface area contributed by atoms with Crippen molar-refractivity contribution in [3.8, 4) is 0 Å². The van der Waals surface area contributed by atoms with Crippen LogP contribution in [0.3, 0.4) is 0 Å². The maximum Gasteiger partial charge on any atom is 0.115 e. The SMILES string of the molecule is NCC(NCCCC1CC1)c1ccncn1. The van der Waals surface area contributed by atoms with Crippen LogP contribution in [0.2, 0.25) is 0 Å². The van der Waals surface area contributed by atoms with Gasteiger partial charge in [-0.3, -0.25) is 0 Å². The minimum atomic E-state index is 0.169. The molecule has 0 spiro atoms. The van der Waals surface area contributed by atoms with E-state index in [9.17, 15) is 0 Å². The van der Waals surface area contributed by atoms with Crippen molar-refractivity contribution in [2.45, 2.75) is 31.7 Å². The molecule has 0 bridgehead atoms. The van der Waals surface area contributed by atoms with E-state index in [1.165, 1.54) is 25.7 Å². The molecule has 2 rings (SSSR count). The molecule has 1 saturated carbocycles. The lowest BCUT2D eigenvalue weighted by Crippen LogP contribution is -2.29. The fourth-order valence-electron chi connectivity index (χ4n) is 1.89. The van der Waals surface area contributed by atoms with Crippen molar-refractivity contribution >= 4 is 0 Å². The van der Waals surface area contributed by atoms with Gasteiger partial charge in [-0.15, -0.1) is 0 Å². The third kappa shape index (κ3) is 3.54. The third-order valence-corrected chi connectivity index (χ3v) is 3.07. The van der Waals surface area contributed by atoms with Gasteiger partial charge in [-0.05, 0) is 31.4 Å². The minimum absolute atomic E-state index is 0.169. The first-order valence-electron chi connectivity index (χ1n) is 6.09. The molecule has 1 atom stereocenters. The van der Waals surface area contributed by atoms with Crippen LogP contribution in [0.25, 0.3) is 0 Å². The van der Waals surface area contributed by atoms with E-state index < -0.39 is 0 Å².